The number of anilines is 2. The van der Waals surface area contributed by atoms with Crippen LogP contribution in [0.4, 0.5) is 15.8 Å². The van der Waals surface area contributed by atoms with Gasteiger partial charge in [0.25, 0.3) is 0 Å². The number of nitrogens with one attached hydrogen (secondary N) is 2. The summed E-state index contributed by atoms with van der Waals surface area (Å²) in [5.74, 6) is -0.448. The first kappa shape index (κ1) is 21.8. The summed E-state index contributed by atoms with van der Waals surface area (Å²) in [4.78, 5) is 18.0. The average Bonchev–Trinajstić information content (AvgIpc) is 3.44. The lowest BCUT2D eigenvalue weighted by atomic mass is 10.0. The van der Waals surface area contributed by atoms with Crippen molar-refractivity contribution in [2.45, 2.75) is 19.0 Å². The molecule has 0 radical (unpaired) electrons. The van der Waals surface area contributed by atoms with Gasteiger partial charge in [0, 0.05) is 36.4 Å². The highest BCUT2D eigenvalue weighted by Crippen LogP contribution is 2.42. The SMILES string of the molecule is CC(=O)Nc1ccc(N2C(=S)NC(c3ccccn3)C2c2cccn2-c2ccccc2F)cc1. The van der Waals surface area contributed by atoms with E-state index in [1.54, 1.807) is 18.3 Å². The molecule has 3 heterocycles. The number of carbonyl (C=O) groups is 1. The number of halogens is 1. The number of carbonyl (C=O) groups excluding carboxylic acids is 1. The van der Waals surface area contributed by atoms with Crippen molar-refractivity contribution in [1.82, 2.24) is 14.9 Å². The highest BCUT2D eigenvalue weighted by atomic mass is 32.1. The van der Waals surface area contributed by atoms with Gasteiger partial charge < -0.3 is 20.1 Å². The third-order valence-electron chi connectivity index (χ3n) is 5.76. The number of amides is 1. The molecule has 1 amide bonds. The number of aromatic nitrogens is 2. The van der Waals surface area contributed by atoms with Gasteiger partial charge in [-0.25, -0.2) is 4.39 Å². The van der Waals surface area contributed by atoms with E-state index in [4.69, 9.17) is 12.2 Å². The molecule has 0 bridgehead atoms. The van der Waals surface area contributed by atoms with Gasteiger partial charge in [-0.05, 0) is 72.9 Å². The normalized spacial score (nSPS) is 17.5. The third-order valence-corrected chi connectivity index (χ3v) is 6.07. The Kier molecular flexibility index (Phi) is 5.81. The maximum Gasteiger partial charge on any atom is 0.221 e. The van der Waals surface area contributed by atoms with Crippen molar-refractivity contribution >= 4 is 34.6 Å². The van der Waals surface area contributed by atoms with Crippen LogP contribution in [0.2, 0.25) is 0 Å². The molecule has 0 aliphatic carbocycles. The van der Waals surface area contributed by atoms with Gasteiger partial charge in [0.1, 0.15) is 11.9 Å². The fourth-order valence-corrected chi connectivity index (χ4v) is 4.69. The van der Waals surface area contributed by atoms with Gasteiger partial charge >= 0.3 is 0 Å². The Morgan fingerprint density at radius 2 is 1.79 bits per heavy atom. The zero-order chi connectivity index (χ0) is 23.7. The lowest BCUT2D eigenvalue weighted by Crippen LogP contribution is -2.30. The van der Waals surface area contributed by atoms with Gasteiger partial charge in [-0.3, -0.25) is 9.78 Å². The second-order valence-electron chi connectivity index (χ2n) is 7.98. The predicted molar refractivity (Wildman–Crippen MR) is 134 cm³/mol. The first-order chi connectivity index (χ1) is 16.5. The molecule has 1 fully saturated rings. The minimum Gasteiger partial charge on any atom is -0.351 e. The topological polar surface area (TPSA) is 62.2 Å². The maximum absolute atomic E-state index is 14.8. The second kappa shape index (κ2) is 9.07. The van der Waals surface area contributed by atoms with Crippen LogP contribution in [0.1, 0.15) is 30.4 Å². The second-order valence-corrected chi connectivity index (χ2v) is 8.37. The summed E-state index contributed by atoms with van der Waals surface area (Å²) in [5, 5.41) is 6.73. The molecule has 2 aromatic carbocycles. The monoisotopic (exact) mass is 471 g/mol. The van der Waals surface area contributed by atoms with Gasteiger partial charge in [0.05, 0.1) is 17.4 Å². The summed E-state index contributed by atoms with van der Waals surface area (Å²) < 4.78 is 16.6. The number of para-hydroxylation sites is 1. The van der Waals surface area contributed by atoms with Gasteiger partial charge in [0.2, 0.25) is 5.91 Å². The van der Waals surface area contributed by atoms with E-state index in [2.05, 4.69) is 15.6 Å². The van der Waals surface area contributed by atoms with Crippen molar-refractivity contribution < 1.29 is 9.18 Å². The number of pyridine rings is 1. The maximum atomic E-state index is 14.8. The highest BCUT2D eigenvalue weighted by Gasteiger charge is 2.42. The van der Waals surface area contributed by atoms with Gasteiger partial charge in [-0.1, -0.05) is 18.2 Å². The Morgan fingerprint density at radius 1 is 1.03 bits per heavy atom. The van der Waals surface area contributed by atoms with E-state index in [-0.39, 0.29) is 23.8 Å². The van der Waals surface area contributed by atoms with Crippen LogP contribution < -0.4 is 15.5 Å². The molecule has 8 heteroatoms. The van der Waals surface area contributed by atoms with E-state index >= 15 is 0 Å². The Bertz CT molecular complexity index is 1340. The van der Waals surface area contributed by atoms with Crippen molar-refractivity contribution in [2.24, 2.45) is 0 Å². The molecule has 34 heavy (non-hydrogen) atoms. The molecule has 1 aliphatic rings. The molecule has 6 nitrogen and oxygen atoms in total. The minimum absolute atomic E-state index is 0.137. The summed E-state index contributed by atoms with van der Waals surface area (Å²) in [7, 11) is 0. The van der Waals surface area contributed by atoms with E-state index in [1.165, 1.54) is 13.0 Å². The molecule has 4 aromatic rings. The highest BCUT2D eigenvalue weighted by molar-refractivity contribution is 7.80. The molecular formula is C26H22FN5OS. The molecule has 170 valence electrons. The lowest BCUT2D eigenvalue weighted by Gasteiger charge is -2.29. The molecule has 0 spiro atoms. The zero-order valence-electron chi connectivity index (χ0n) is 18.4. The summed E-state index contributed by atoms with van der Waals surface area (Å²) >= 11 is 5.77. The Labute approximate surface area is 202 Å². The fraction of sp³-hybridized carbons (Fsp3) is 0.115. The van der Waals surface area contributed by atoms with Crippen molar-refractivity contribution in [1.29, 1.82) is 0 Å². The zero-order valence-corrected chi connectivity index (χ0v) is 19.2. The van der Waals surface area contributed by atoms with Gasteiger partial charge in [-0.15, -0.1) is 0 Å². The molecular weight excluding hydrogens is 449 g/mol. The van der Waals surface area contributed by atoms with E-state index in [9.17, 15) is 9.18 Å². The van der Waals surface area contributed by atoms with Crippen LogP contribution >= 0.6 is 12.2 Å². The molecule has 5 rings (SSSR count). The van der Waals surface area contributed by atoms with E-state index < -0.39 is 0 Å². The van der Waals surface area contributed by atoms with Gasteiger partial charge in [0.15, 0.2) is 5.11 Å². The Hall–Kier alpha value is -4.04. The third kappa shape index (κ3) is 4.04. The lowest BCUT2D eigenvalue weighted by molar-refractivity contribution is -0.114. The smallest absolute Gasteiger partial charge is 0.221 e. The Morgan fingerprint density at radius 3 is 2.50 bits per heavy atom. The van der Waals surface area contributed by atoms with E-state index in [0.717, 1.165) is 17.1 Å². The quantitative estimate of drug-likeness (QED) is 0.395. The first-order valence-electron chi connectivity index (χ1n) is 10.8. The number of hydrogen-bond donors (Lipinski definition) is 2. The first-order valence-corrected chi connectivity index (χ1v) is 11.2. The number of benzene rings is 2. The molecule has 0 saturated carbocycles. The Balaban J connectivity index is 1.63. The van der Waals surface area contributed by atoms with Crippen LogP contribution in [-0.2, 0) is 4.79 Å². The summed E-state index contributed by atoms with van der Waals surface area (Å²) in [6.07, 6.45) is 3.60. The van der Waals surface area contributed by atoms with Crippen LogP contribution in [0.25, 0.3) is 5.69 Å². The van der Waals surface area contributed by atoms with E-state index in [1.807, 2.05) is 76.3 Å². The molecule has 2 N–H and O–H groups in total. The summed E-state index contributed by atoms with van der Waals surface area (Å²) in [5.41, 5.74) is 3.69. The van der Waals surface area contributed by atoms with E-state index in [0.29, 0.717) is 16.5 Å². The molecule has 2 atom stereocenters. The fourth-order valence-electron chi connectivity index (χ4n) is 4.34. The van der Waals surface area contributed by atoms with Crippen molar-refractivity contribution in [3.63, 3.8) is 0 Å². The summed E-state index contributed by atoms with van der Waals surface area (Å²) in [6, 6.07) is 23.2. The predicted octanol–water partition coefficient (Wildman–Crippen LogP) is 5.15. The molecule has 1 aliphatic heterocycles. The van der Waals surface area contributed by atoms with Crippen LogP contribution in [0.15, 0.2) is 91.3 Å². The van der Waals surface area contributed by atoms with Crippen LogP contribution in [0.3, 0.4) is 0 Å². The number of nitrogens with zero attached hydrogens (tertiary/aromatic N) is 3. The summed E-state index contributed by atoms with van der Waals surface area (Å²) in [6.45, 7) is 1.47. The number of thiocarbonyl (C=S) groups is 1. The van der Waals surface area contributed by atoms with Crippen LogP contribution in [0, 0.1) is 5.82 Å². The molecule has 2 aromatic heterocycles. The van der Waals surface area contributed by atoms with Crippen molar-refractivity contribution in [3.8, 4) is 5.69 Å². The van der Waals surface area contributed by atoms with Crippen molar-refractivity contribution in [2.75, 3.05) is 10.2 Å². The molecule has 1 saturated heterocycles. The molecule has 2 unspecified atom stereocenters. The minimum atomic E-state index is -0.311. The van der Waals surface area contributed by atoms with Crippen LogP contribution in [-0.4, -0.2) is 20.6 Å². The van der Waals surface area contributed by atoms with Gasteiger partial charge in [-0.2, -0.15) is 0 Å². The number of rotatable bonds is 5. The largest absolute Gasteiger partial charge is 0.351 e. The van der Waals surface area contributed by atoms with Crippen LogP contribution in [0.5, 0.6) is 0 Å². The standard InChI is InChI=1S/C26H22FN5OS/c1-17(33)29-18-11-13-19(14-12-18)32-25(24(30-26(32)34)21-8-4-5-15-28-21)23-10-6-16-31(23)22-9-3-2-7-20(22)27/h2-16,24-25H,1H3,(H,29,33)(H,30,34). The average molecular weight is 472 g/mol. The number of hydrogen-bond acceptors (Lipinski definition) is 3. The van der Waals surface area contributed by atoms with Crippen molar-refractivity contribution in [3.05, 3.63) is 108 Å².